The molecule has 0 aliphatic carbocycles. The highest BCUT2D eigenvalue weighted by atomic mass is 35.5. The second kappa shape index (κ2) is 8.89. The number of para-hydroxylation sites is 1. The second-order valence-electron chi connectivity index (χ2n) is 7.96. The van der Waals surface area contributed by atoms with E-state index in [-0.39, 0.29) is 0 Å². The van der Waals surface area contributed by atoms with Gasteiger partial charge in [0.15, 0.2) is 0 Å². The standard InChI is InChI=1S/C28H24ClN3/c1-20-27(18-31-30-17-21-13-15-24(29)16-14-21)26-11-4-5-12-28(26)32(20)19-23-9-6-8-22-7-2-3-10-25(22)23/h2-16,18,30H,17,19H2,1H3/b31-18-. The SMILES string of the molecule is Cc1c(/C=N\NCc2ccc(Cl)cc2)c2ccccc2n1Cc1cccc2ccccc12. The number of rotatable bonds is 6. The van der Waals surface area contributed by atoms with E-state index in [0.29, 0.717) is 6.54 Å². The van der Waals surface area contributed by atoms with Crippen LogP contribution in [0.1, 0.15) is 22.4 Å². The molecule has 5 aromatic rings. The first-order valence-corrected chi connectivity index (χ1v) is 11.1. The van der Waals surface area contributed by atoms with Gasteiger partial charge in [-0.25, -0.2) is 0 Å². The first-order valence-electron chi connectivity index (χ1n) is 10.8. The molecule has 0 saturated heterocycles. The number of nitrogens with one attached hydrogen (secondary N) is 1. The van der Waals surface area contributed by atoms with E-state index in [1.54, 1.807) is 0 Å². The van der Waals surface area contributed by atoms with Crippen molar-refractivity contribution in [3.05, 3.63) is 118 Å². The fourth-order valence-electron chi connectivity index (χ4n) is 4.27. The summed E-state index contributed by atoms with van der Waals surface area (Å²) in [6.45, 7) is 3.65. The Kier molecular flexibility index (Phi) is 5.66. The lowest BCUT2D eigenvalue weighted by Gasteiger charge is -2.11. The summed E-state index contributed by atoms with van der Waals surface area (Å²) in [5.41, 5.74) is 9.19. The highest BCUT2D eigenvalue weighted by Gasteiger charge is 2.13. The van der Waals surface area contributed by atoms with Crippen LogP contribution in [0.3, 0.4) is 0 Å². The van der Waals surface area contributed by atoms with E-state index in [2.05, 4.69) is 88.7 Å². The third-order valence-corrected chi connectivity index (χ3v) is 6.22. The van der Waals surface area contributed by atoms with Gasteiger partial charge in [0, 0.05) is 33.7 Å². The topological polar surface area (TPSA) is 29.3 Å². The van der Waals surface area contributed by atoms with Gasteiger partial charge in [-0.1, -0.05) is 84.4 Å². The fourth-order valence-corrected chi connectivity index (χ4v) is 4.40. The molecule has 0 bridgehead atoms. The Balaban J connectivity index is 1.46. The number of aromatic nitrogens is 1. The van der Waals surface area contributed by atoms with Crippen molar-refractivity contribution < 1.29 is 0 Å². The van der Waals surface area contributed by atoms with Crippen LogP contribution in [0.15, 0.2) is 96.1 Å². The van der Waals surface area contributed by atoms with Crippen molar-refractivity contribution in [2.75, 3.05) is 0 Å². The summed E-state index contributed by atoms with van der Waals surface area (Å²) in [4.78, 5) is 0. The van der Waals surface area contributed by atoms with E-state index >= 15 is 0 Å². The predicted octanol–water partition coefficient (Wildman–Crippen LogP) is 6.93. The largest absolute Gasteiger partial charge is 0.340 e. The summed E-state index contributed by atoms with van der Waals surface area (Å²) in [7, 11) is 0. The minimum Gasteiger partial charge on any atom is -0.340 e. The number of hydrogen-bond acceptors (Lipinski definition) is 2. The van der Waals surface area contributed by atoms with Crippen molar-refractivity contribution in [1.82, 2.24) is 9.99 Å². The molecule has 0 amide bonds. The summed E-state index contributed by atoms with van der Waals surface area (Å²) in [5.74, 6) is 0. The normalized spacial score (nSPS) is 11.6. The average Bonchev–Trinajstić information content (AvgIpc) is 3.09. The van der Waals surface area contributed by atoms with Crippen LogP contribution >= 0.6 is 11.6 Å². The van der Waals surface area contributed by atoms with E-state index in [1.807, 2.05) is 30.5 Å². The average molecular weight is 438 g/mol. The molecule has 158 valence electrons. The summed E-state index contributed by atoms with van der Waals surface area (Å²) < 4.78 is 2.39. The molecule has 1 heterocycles. The zero-order chi connectivity index (χ0) is 21.9. The number of halogens is 1. The molecule has 3 nitrogen and oxygen atoms in total. The van der Waals surface area contributed by atoms with Crippen LogP contribution in [0.25, 0.3) is 21.7 Å². The molecular weight excluding hydrogens is 414 g/mol. The van der Waals surface area contributed by atoms with Gasteiger partial charge in [-0.15, -0.1) is 0 Å². The first kappa shape index (κ1) is 20.3. The zero-order valence-electron chi connectivity index (χ0n) is 17.9. The molecule has 32 heavy (non-hydrogen) atoms. The van der Waals surface area contributed by atoms with Gasteiger partial charge in [-0.05, 0) is 47.0 Å². The maximum atomic E-state index is 5.97. The monoisotopic (exact) mass is 437 g/mol. The van der Waals surface area contributed by atoms with Crippen molar-refractivity contribution in [1.29, 1.82) is 0 Å². The number of nitrogens with zero attached hydrogens (tertiary/aromatic N) is 2. The van der Waals surface area contributed by atoms with Gasteiger partial charge in [-0.2, -0.15) is 5.10 Å². The lowest BCUT2D eigenvalue weighted by molar-refractivity contribution is 0.747. The van der Waals surface area contributed by atoms with Gasteiger partial charge in [0.25, 0.3) is 0 Å². The summed E-state index contributed by atoms with van der Waals surface area (Å²) in [6, 6.07) is 31.4. The van der Waals surface area contributed by atoms with Crippen molar-refractivity contribution in [3.63, 3.8) is 0 Å². The summed E-state index contributed by atoms with van der Waals surface area (Å²) >= 11 is 5.97. The van der Waals surface area contributed by atoms with Gasteiger partial charge in [0.2, 0.25) is 0 Å². The van der Waals surface area contributed by atoms with Crippen molar-refractivity contribution in [2.24, 2.45) is 5.10 Å². The van der Waals surface area contributed by atoms with E-state index in [0.717, 1.165) is 22.7 Å². The molecule has 0 aliphatic rings. The lowest BCUT2D eigenvalue weighted by Crippen LogP contribution is -2.06. The fraction of sp³-hybridized carbons (Fsp3) is 0.107. The van der Waals surface area contributed by atoms with Gasteiger partial charge in [0.05, 0.1) is 12.8 Å². The van der Waals surface area contributed by atoms with E-state index in [4.69, 9.17) is 11.6 Å². The van der Waals surface area contributed by atoms with Crippen molar-refractivity contribution in [2.45, 2.75) is 20.0 Å². The molecule has 4 aromatic carbocycles. The van der Waals surface area contributed by atoms with Crippen LogP contribution in [-0.2, 0) is 13.1 Å². The molecule has 0 atom stereocenters. The van der Waals surface area contributed by atoms with Gasteiger partial charge >= 0.3 is 0 Å². The van der Waals surface area contributed by atoms with Crippen LogP contribution < -0.4 is 5.43 Å². The third-order valence-electron chi connectivity index (χ3n) is 5.97. The first-order chi connectivity index (χ1) is 15.7. The third kappa shape index (κ3) is 4.00. The van der Waals surface area contributed by atoms with Crippen LogP contribution in [0.5, 0.6) is 0 Å². The molecule has 1 N–H and O–H groups in total. The Labute approximate surface area is 193 Å². The zero-order valence-corrected chi connectivity index (χ0v) is 18.7. The maximum Gasteiger partial charge on any atom is 0.0580 e. The molecule has 4 heteroatoms. The van der Waals surface area contributed by atoms with Gasteiger partial charge < -0.3 is 9.99 Å². The Bertz CT molecular complexity index is 1410. The number of hydrogen-bond donors (Lipinski definition) is 1. The summed E-state index contributed by atoms with van der Waals surface area (Å²) in [6.07, 6.45) is 1.94. The predicted molar refractivity (Wildman–Crippen MR) is 136 cm³/mol. The quantitative estimate of drug-likeness (QED) is 0.226. The van der Waals surface area contributed by atoms with Crippen molar-refractivity contribution in [3.8, 4) is 0 Å². The molecule has 0 radical (unpaired) electrons. The lowest BCUT2D eigenvalue weighted by atomic mass is 10.0. The molecular formula is C28H24ClN3. The molecule has 0 spiro atoms. The van der Waals surface area contributed by atoms with Gasteiger partial charge in [0.1, 0.15) is 0 Å². The van der Waals surface area contributed by atoms with Crippen LogP contribution in [-0.4, -0.2) is 10.8 Å². The highest BCUT2D eigenvalue weighted by molar-refractivity contribution is 6.30. The van der Waals surface area contributed by atoms with E-state index in [9.17, 15) is 0 Å². The van der Waals surface area contributed by atoms with Crippen molar-refractivity contribution >= 4 is 39.5 Å². The Morgan fingerprint density at radius 1 is 0.844 bits per heavy atom. The smallest absolute Gasteiger partial charge is 0.0580 e. The number of fused-ring (bicyclic) bond motifs is 2. The Hall–Kier alpha value is -3.56. The van der Waals surface area contributed by atoms with Crippen LogP contribution in [0.2, 0.25) is 5.02 Å². The van der Waals surface area contributed by atoms with E-state index in [1.165, 1.54) is 32.9 Å². The van der Waals surface area contributed by atoms with Crippen LogP contribution in [0, 0.1) is 6.92 Å². The summed E-state index contributed by atoms with van der Waals surface area (Å²) in [5, 5.41) is 9.04. The highest BCUT2D eigenvalue weighted by Crippen LogP contribution is 2.27. The molecule has 1 aromatic heterocycles. The molecule has 5 rings (SSSR count). The molecule has 0 unspecified atom stereocenters. The second-order valence-corrected chi connectivity index (χ2v) is 8.40. The molecule has 0 saturated carbocycles. The minimum atomic E-state index is 0.654. The molecule has 0 aliphatic heterocycles. The van der Waals surface area contributed by atoms with Gasteiger partial charge in [-0.3, -0.25) is 0 Å². The number of benzene rings is 4. The maximum absolute atomic E-state index is 5.97. The van der Waals surface area contributed by atoms with E-state index < -0.39 is 0 Å². The minimum absolute atomic E-state index is 0.654. The molecule has 0 fully saturated rings. The Morgan fingerprint density at radius 3 is 2.41 bits per heavy atom. The number of hydrazone groups is 1. The van der Waals surface area contributed by atoms with Crippen LogP contribution in [0.4, 0.5) is 0 Å². The Morgan fingerprint density at radius 2 is 1.56 bits per heavy atom.